The third kappa shape index (κ3) is 2.13. The van der Waals surface area contributed by atoms with E-state index in [-0.39, 0.29) is 11.7 Å². The topological polar surface area (TPSA) is 46.9 Å². The van der Waals surface area contributed by atoms with E-state index in [0.29, 0.717) is 5.69 Å². The fourth-order valence-electron chi connectivity index (χ4n) is 1.97. The Bertz CT molecular complexity index is 349. The molecule has 1 aromatic heterocycles. The van der Waals surface area contributed by atoms with Gasteiger partial charge in [-0.05, 0) is 41.9 Å². The maximum absolute atomic E-state index is 12.2. The van der Waals surface area contributed by atoms with Crippen LogP contribution in [0.25, 0.3) is 0 Å². The molecule has 0 spiro atoms. The summed E-state index contributed by atoms with van der Waals surface area (Å²) in [4.78, 5) is 12.2. The number of aromatic nitrogens is 2. The molecule has 0 unspecified atom stereocenters. The number of Topliss-reactive ketones (excluding diaryl/α,β-unsaturated/α-hetero) is 1. The first-order chi connectivity index (χ1) is 7.20. The zero-order valence-electron chi connectivity index (χ0n) is 8.66. The maximum Gasteiger partial charge on any atom is 0.185 e. The highest BCUT2D eigenvalue weighted by Crippen LogP contribution is 2.23. The van der Waals surface area contributed by atoms with Crippen LogP contribution in [-0.4, -0.2) is 28.7 Å². The minimum Gasteiger partial charge on any atom is -0.317 e. The molecule has 82 valence electrons. The van der Waals surface area contributed by atoms with Crippen LogP contribution in [0.5, 0.6) is 0 Å². The van der Waals surface area contributed by atoms with E-state index >= 15 is 0 Å². The Balaban J connectivity index is 2.19. The molecule has 0 aliphatic carbocycles. The number of aryl methyl sites for hydroxylation is 1. The minimum atomic E-state index is 0.151. The molecule has 0 radical (unpaired) electrons. The molecule has 2 heterocycles. The molecule has 4 nitrogen and oxygen atoms in total. The van der Waals surface area contributed by atoms with E-state index in [1.807, 2.05) is 0 Å². The van der Waals surface area contributed by atoms with Crippen LogP contribution < -0.4 is 5.32 Å². The Morgan fingerprint density at radius 3 is 2.80 bits per heavy atom. The predicted octanol–water partition coefficient (Wildman–Crippen LogP) is 1.36. The second-order valence-corrected chi connectivity index (χ2v) is 4.71. The normalized spacial score (nSPS) is 18.0. The molecule has 0 saturated carbocycles. The maximum atomic E-state index is 12.2. The third-order valence-electron chi connectivity index (χ3n) is 2.84. The number of rotatable bonds is 2. The van der Waals surface area contributed by atoms with Gasteiger partial charge in [-0.2, -0.15) is 5.10 Å². The quantitative estimate of drug-likeness (QED) is 0.827. The van der Waals surface area contributed by atoms with E-state index in [2.05, 4.69) is 26.3 Å². The number of carbonyl (C=O) groups is 1. The van der Waals surface area contributed by atoms with Crippen LogP contribution in [0.2, 0.25) is 0 Å². The Hall–Kier alpha value is -0.680. The SMILES string of the molecule is Cn1ncc(Br)c1C(=O)C1CCNCC1. The molecule has 0 bridgehead atoms. The van der Waals surface area contributed by atoms with Crippen molar-refractivity contribution in [3.8, 4) is 0 Å². The van der Waals surface area contributed by atoms with Crippen LogP contribution in [0, 0.1) is 5.92 Å². The number of ketones is 1. The van der Waals surface area contributed by atoms with Gasteiger partial charge in [0.05, 0.1) is 10.7 Å². The van der Waals surface area contributed by atoms with Crippen LogP contribution in [0.15, 0.2) is 10.7 Å². The van der Waals surface area contributed by atoms with Crippen molar-refractivity contribution in [2.45, 2.75) is 12.8 Å². The average Bonchev–Trinajstić information content (AvgIpc) is 2.59. The molecular formula is C10H14BrN3O. The number of hydrogen-bond donors (Lipinski definition) is 1. The lowest BCUT2D eigenvalue weighted by Gasteiger charge is -2.21. The van der Waals surface area contributed by atoms with E-state index in [0.717, 1.165) is 30.4 Å². The summed E-state index contributed by atoms with van der Waals surface area (Å²) in [7, 11) is 1.80. The van der Waals surface area contributed by atoms with Crippen molar-refractivity contribution in [3.63, 3.8) is 0 Å². The monoisotopic (exact) mass is 271 g/mol. The van der Waals surface area contributed by atoms with Gasteiger partial charge in [0.25, 0.3) is 0 Å². The number of nitrogens with one attached hydrogen (secondary N) is 1. The van der Waals surface area contributed by atoms with Crippen molar-refractivity contribution in [1.29, 1.82) is 0 Å². The first-order valence-electron chi connectivity index (χ1n) is 5.12. The first-order valence-corrected chi connectivity index (χ1v) is 5.92. The van der Waals surface area contributed by atoms with Crippen molar-refractivity contribution >= 4 is 21.7 Å². The van der Waals surface area contributed by atoms with Gasteiger partial charge >= 0.3 is 0 Å². The van der Waals surface area contributed by atoms with Crippen LogP contribution in [0.1, 0.15) is 23.3 Å². The van der Waals surface area contributed by atoms with Crippen molar-refractivity contribution in [1.82, 2.24) is 15.1 Å². The first kappa shape index (κ1) is 10.8. The number of piperidine rings is 1. The molecule has 2 rings (SSSR count). The van der Waals surface area contributed by atoms with Crippen molar-refractivity contribution in [2.24, 2.45) is 13.0 Å². The van der Waals surface area contributed by atoms with Crippen molar-refractivity contribution < 1.29 is 4.79 Å². The van der Waals surface area contributed by atoms with E-state index in [9.17, 15) is 4.79 Å². The smallest absolute Gasteiger partial charge is 0.185 e. The zero-order chi connectivity index (χ0) is 10.8. The number of hydrogen-bond acceptors (Lipinski definition) is 3. The summed E-state index contributed by atoms with van der Waals surface area (Å²) in [5.41, 5.74) is 0.696. The molecule has 1 N–H and O–H groups in total. The summed E-state index contributed by atoms with van der Waals surface area (Å²) < 4.78 is 2.45. The molecule has 1 aliphatic heterocycles. The highest BCUT2D eigenvalue weighted by atomic mass is 79.9. The third-order valence-corrected chi connectivity index (χ3v) is 3.42. The molecule has 5 heteroatoms. The lowest BCUT2D eigenvalue weighted by atomic mass is 9.92. The molecular weight excluding hydrogens is 258 g/mol. The van der Waals surface area contributed by atoms with E-state index in [1.165, 1.54) is 0 Å². The summed E-state index contributed by atoms with van der Waals surface area (Å²) in [6, 6.07) is 0. The van der Waals surface area contributed by atoms with Crippen LogP contribution in [0.3, 0.4) is 0 Å². The summed E-state index contributed by atoms with van der Waals surface area (Å²) in [6.45, 7) is 1.87. The van der Waals surface area contributed by atoms with Gasteiger partial charge in [-0.1, -0.05) is 0 Å². The highest BCUT2D eigenvalue weighted by Gasteiger charge is 2.26. The molecule has 1 aliphatic rings. The zero-order valence-corrected chi connectivity index (χ0v) is 10.2. The van der Waals surface area contributed by atoms with Gasteiger partial charge in [-0.15, -0.1) is 0 Å². The molecule has 1 aromatic rings. The largest absolute Gasteiger partial charge is 0.317 e. The second kappa shape index (κ2) is 4.45. The number of nitrogens with zero attached hydrogens (tertiary/aromatic N) is 2. The molecule has 0 amide bonds. The van der Waals surface area contributed by atoms with Crippen LogP contribution in [-0.2, 0) is 7.05 Å². The predicted molar refractivity (Wildman–Crippen MR) is 60.8 cm³/mol. The summed E-state index contributed by atoms with van der Waals surface area (Å²) >= 11 is 3.36. The Labute approximate surface area is 97.2 Å². The number of carbonyl (C=O) groups excluding carboxylic acids is 1. The number of halogens is 1. The average molecular weight is 272 g/mol. The lowest BCUT2D eigenvalue weighted by molar-refractivity contribution is 0.0884. The standard InChI is InChI=1S/C10H14BrN3O/c1-14-9(8(11)6-13-14)10(15)7-2-4-12-5-3-7/h6-7,12H,2-5H2,1H3. The van der Waals surface area contributed by atoms with E-state index < -0.39 is 0 Å². The van der Waals surface area contributed by atoms with Gasteiger partial charge < -0.3 is 5.32 Å². The van der Waals surface area contributed by atoms with Gasteiger partial charge in [-0.25, -0.2) is 0 Å². The van der Waals surface area contributed by atoms with Crippen LogP contribution >= 0.6 is 15.9 Å². The summed E-state index contributed by atoms with van der Waals surface area (Å²) in [5.74, 6) is 0.362. The molecule has 1 saturated heterocycles. The van der Waals surface area contributed by atoms with Gasteiger partial charge in [0.2, 0.25) is 0 Å². The highest BCUT2D eigenvalue weighted by molar-refractivity contribution is 9.10. The summed E-state index contributed by atoms with van der Waals surface area (Å²) in [6.07, 6.45) is 3.53. The summed E-state index contributed by atoms with van der Waals surface area (Å²) in [5, 5.41) is 7.32. The van der Waals surface area contributed by atoms with Gasteiger partial charge in [0.15, 0.2) is 5.78 Å². The van der Waals surface area contributed by atoms with Crippen molar-refractivity contribution in [3.05, 3.63) is 16.4 Å². The Morgan fingerprint density at radius 2 is 2.27 bits per heavy atom. The van der Waals surface area contributed by atoms with Gasteiger partial charge in [0, 0.05) is 13.0 Å². The Kier molecular flexibility index (Phi) is 3.21. The van der Waals surface area contributed by atoms with Crippen molar-refractivity contribution in [2.75, 3.05) is 13.1 Å². The fourth-order valence-corrected chi connectivity index (χ4v) is 2.51. The van der Waals surface area contributed by atoms with E-state index in [1.54, 1.807) is 17.9 Å². The van der Waals surface area contributed by atoms with Crippen LogP contribution in [0.4, 0.5) is 0 Å². The van der Waals surface area contributed by atoms with E-state index in [4.69, 9.17) is 0 Å². The van der Waals surface area contributed by atoms with Gasteiger partial charge in [-0.3, -0.25) is 9.48 Å². The fraction of sp³-hybridized carbons (Fsp3) is 0.600. The molecule has 1 fully saturated rings. The molecule has 0 aromatic carbocycles. The minimum absolute atomic E-state index is 0.151. The Morgan fingerprint density at radius 1 is 1.60 bits per heavy atom. The molecule has 0 atom stereocenters. The second-order valence-electron chi connectivity index (χ2n) is 3.85. The lowest BCUT2D eigenvalue weighted by Crippen LogP contribution is -2.32. The molecule has 15 heavy (non-hydrogen) atoms. The van der Waals surface area contributed by atoms with Gasteiger partial charge in [0.1, 0.15) is 5.69 Å².